The summed E-state index contributed by atoms with van der Waals surface area (Å²) in [6.45, 7) is 3.02. The predicted molar refractivity (Wildman–Crippen MR) is 53.6 cm³/mol. The minimum Gasteiger partial charge on any atom is -0.309 e. The van der Waals surface area contributed by atoms with Crippen LogP contribution in [0.15, 0.2) is 4.47 Å². The van der Waals surface area contributed by atoms with Gasteiger partial charge >= 0.3 is 0 Å². The summed E-state index contributed by atoms with van der Waals surface area (Å²) in [7, 11) is 0. The molecule has 0 radical (unpaired) electrons. The van der Waals surface area contributed by atoms with Crippen molar-refractivity contribution in [1.29, 1.82) is 0 Å². The van der Waals surface area contributed by atoms with Crippen LogP contribution in [-0.4, -0.2) is 16.3 Å². The van der Waals surface area contributed by atoms with Gasteiger partial charge in [0.15, 0.2) is 0 Å². The van der Waals surface area contributed by atoms with Crippen LogP contribution in [0.25, 0.3) is 0 Å². The van der Waals surface area contributed by atoms with Crippen molar-refractivity contribution < 1.29 is 0 Å². The molecule has 1 N–H and O–H groups in total. The quantitative estimate of drug-likeness (QED) is 0.811. The second-order valence-electron chi connectivity index (χ2n) is 3.82. The zero-order valence-corrected chi connectivity index (χ0v) is 8.97. The molecule has 3 nitrogen and oxygen atoms in total. The number of rotatable bonds is 1. The summed E-state index contributed by atoms with van der Waals surface area (Å²) in [5.74, 6) is 0.743. The van der Waals surface area contributed by atoms with Crippen molar-refractivity contribution in [2.45, 2.75) is 31.8 Å². The zero-order valence-electron chi connectivity index (χ0n) is 7.39. The van der Waals surface area contributed by atoms with E-state index in [2.05, 4.69) is 31.0 Å². The van der Waals surface area contributed by atoms with E-state index in [1.807, 2.05) is 0 Å². The van der Waals surface area contributed by atoms with Gasteiger partial charge in [-0.2, -0.15) is 5.10 Å². The highest BCUT2D eigenvalue weighted by molar-refractivity contribution is 9.10. The Morgan fingerprint density at radius 3 is 3.00 bits per heavy atom. The molecule has 1 fully saturated rings. The molecule has 0 saturated heterocycles. The third-order valence-corrected chi connectivity index (χ3v) is 3.64. The van der Waals surface area contributed by atoms with Crippen molar-refractivity contribution in [3.63, 3.8) is 0 Å². The third kappa shape index (κ3) is 1.23. The maximum Gasteiger partial charge on any atom is 0.0800 e. The van der Waals surface area contributed by atoms with E-state index in [0.717, 1.165) is 25.6 Å². The molecular weight excluding hydrogens is 230 g/mol. The van der Waals surface area contributed by atoms with E-state index >= 15 is 0 Å². The van der Waals surface area contributed by atoms with Crippen LogP contribution < -0.4 is 5.32 Å². The fourth-order valence-electron chi connectivity index (χ4n) is 1.86. The van der Waals surface area contributed by atoms with Crippen molar-refractivity contribution in [2.24, 2.45) is 0 Å². The molecule has 13 heavy (non-hydrogen) atoms. The molecule has 3 rings (SSSR count). The fourth-order valence-corrected chi connectivity index (χ4v) is 2.61. The number of nitrogens with zero attached hydrogens (tertiary/aromatic N) is 2. The van der Waals surface area contributed by atoms with Crippen molar-refractivity contribution in [3.05, 3.63) is 15.9 Å². The largest absolute Gasteiger partial charge is 0.309 e. The first-order valence-electron chi connectivity index (χ1n) is 4.82. The van der Waals surface area contributed by atoms with Crippen LogP contribution in [0, 0.1) is 0 Å². The summed E-state index contributed by atoms with van der Waals surface area (Å²) in [6.07, 6.45) is 2.64. The van der Waals surface area contributed by atoms with Gasteiger partial charge in [0.25, 0.3) is 0 Å². The summed E-state index contributed by atoms with van der Waals surface area (Å²) in [5, 5.41) is 8.01. The van der Waals surface area contributed by atoms with Crippen molar-refractivity contribution in [2.75, 3.05) is 6.54 Å². The lowest BCUT2D eigenvalue weighted by molar-refractivity contribution is 0.472. The summed E-state index contributed by atoms with van der Waals surface area (Å²) < 4.78 is 3.40. The first kappa shape index (κ1) is 8.00. The average molecular weight is 242 g/mol. The molecule has 0 atom stereocenters. The highest BCUT2D eigenvalue weighted by Crippen LogP contribution is 2.43. The lowest BCUT2D eigenvalue weighted by Crippen LogP contribution is -2.28. The first-order chi connectivity index (χ1) is 6.36. The van der Waals surface area contributed by atoms with Gasteiger partial charge in [0, 0.05) is 19.0 Å². The Balaban J connectivity index is 2.06. The molecule has 70 valence electrons. The van der Waals surface area contributed by atoms with Crippen LogP contribution in [0.2, 0.25) is 0 Å². The molecule has 0 unspecified atom stereocenters. The molecule has 2 aliphatic rings. The summed E-state index contributed by atoms with van der Waals surface area (Å²) >= 11 is 3.65. The highest BCUT2D eigenvalue weighted by atomic mass is 79.9. The van der Waals surface area contributed by atoms with Gasteiger partial charge in [-0.1, -0.05) is 0 Å². The van der Waals surface area contributed by atoms with Gasteiger partial charge in [0.1, 0.15) is 0 Å². The van der Waals surface area contributed by atoms with E-state index in [1.54, 1.807) is 0 Å². The number of hydrogen-bond donors (Lipinski definition) is 1. The van der Waals surface area contributed by atoms with Crippen molar-refractivity contribution in [3.8, 4) is 0 Å². The van der Waals surface area contributed by atoms with Crippen LogP contribution >= 0.6 is 15.9 Å². The molecule has 2 heterocycles. The highest BCUT2D eigenvalue weighted by Gasteiger charge is 2.31. The Hall–Kier alpha value is -0.350. The number of fused-ring (bicyclic) bond motifs is 1. The Morgan fingerprint density at radius 1 is 1.46 bits per heavy atom. The third-order valence-electron chi connectivity index (χ3n) is 2.78. The van der Waals surface area contributed by atoms with Gasteiger partial charge in [0.05, 0.1) is 22.4 Å². The summed E-state index contributed by atoms with van der Waals surface area (Å²) in [5.41, 5.74) is 2.62. The molecule has 4 heteroatoms. The van der Waals surface area contributed by atoms with Gasteiger partial charge in [0.2, 0.25) is 0 Å². The van der Waals surface area contributed by atoms with E-state index < -0.39 is 0 Å². The van der Waals surface area contributed by atoms with Crippen molar-refractivity contribution >= 4 is 15.9 Å². The molecular formula is C9H12BrN3. The van der Waals surface area contributed by atoms with Gasteiger partial charge in [-0.05, 0) is 28.8 Å². The summed E-state index contributed by atoms with van der Waals surface area (Å²) in [6, 6.07) is 0. The van der Waals surface area contributed by atoms with Gasteiger partial charge < -0.3 is 5.32 Å². The number of nitrogens with one attached hydrogen (secondary N) is 1. The Bertz CT molecular complexity index is 341. The van der Waals surface area contributed by atoms with Crippen molar-refractivity contribution in [1.82, 2.24) is 15.1 Å². The second-order valence-corrected chi connectivity index (χ2v) is 4.61. The summed E-state index contributed by atoms with van der Waals surface area (Å²) in [4.78, 5) is 0. The number of halogens is 1. The molecule has 0 spiro atoms. The van der Waals surface area contributed by atoms with Crippen LogP contribution in [0.1, 0.15) is 30.1 Å². The maximum absolute atomic E-state index is 4.64. The topological polar surface area (TPSA) is 29.9 Å². The molecule has 1 aromatic rings. The van der Waals surface area contributed by atoms with Gasteiger partial charge in [-0.3, -0.25) is 4.68 Å². The van der Waals surface area contributed by atoms with Crippen LogP contribution in [0.3, 0.4) is 0 Å². The number of hydrogen-bond acceptors (Lipinski definition) is 2. The first-order valence-corrected chi connectivity index (χ1v) is 5.61. The van der Waals surface area contributed by atoms with Crippen LogP contribution in [-0.2, 0) is 13.1 Å². The lowest BCUT2D eigenvalue weighted by Gasteiger charge is -2.14. The standard InChI is InChI=1S/C9H12BrN3/c10-8-7-5-11-3-4-13(7)12-9(8)6-1-2-6/h6,11H,1-5H2. The normalized spacial score (nSPS) is 21.6. The second kappa shape index (κ2) is 2.82. The number of aromatic nitrogens is 2. The average Bonchev–Trinajstić information content (AvgIpc) is 2.94. The molecule has 0 aromatic carbocycles. The SMILES string of the molecule is Brc1c(C2CC2)nn2c1CNCC2. The van der Waals surface area contributed by atoms with E-state index in [1.165, 1.54) is 28.7 Å². The maximum atomic E-state index is 4.64. The van der Waals surface area contributed by atoms with E-state index in [-0.39, 0.29) is 0 Å². The Morgan fingerprint density at radius 2 is 2.31 bits per heavy atom. The fraction of sp³-hybridized carbons (Fsp3) is 0.667. The lowest BCUT2D eigenvalue weighted by atomic mass is 10.2. The molecule has 1 aliphatic carbocycles. The Labute approximate surface area is 85.6 Å². The van der Waals surface area contributed by atoms with Gasteiger partial charge in [-0.15, -0.1) is 0 Å². The van der Waals surface area contributed by atoms with Gasteiger partial charge in [-0.25, -0.2) is 0 Å². The minimum atomic E-state index is 0.743. The van der Waals surface area contributed by atoms with E-state index in [9.17, 15) is 0 Å². The minimum absolute atomic E-state index is 0.743. The predicted octanol–water partition coefficient (Wildman–Crippen LogP) is 1.63. The van der Waals surface area contributed by atoms with E-state index in [0.29, 0.717) is 0 Å². The Kier molecular flexibility index (Phi) is 1.73. The van der Waals surface area contributed by atoms with Crippen LogP contribution in [0.4, 0.5) is 0 Å². The zero-order chi connectivity index (χ0) is 8.84. The molecule has 0 bridgehead atoms. The molecule has 1 aliphatic heterocycles. The molecule has 1 saturated carbocycles. The monoisotopic (exact) mass is 241 g/mol. The van der Waals surface area contributed by atoms with Crippen LogP contribution in [0.5, 0.6) is 0 Å². The molecule has 1 aromatic heterocycles. The molecule has 0 amide bonds. The van der Waals surface area contributed by atoms with E-state index in [4.69, 9.17) is 0 Å². The smallest absolute Gasteiger partial charge is 0.0800 e.